The molecule has 1 fully saturated rings. The molecule has 6 nitrogen and oxygen atoms in total. The van der Waals surface area contributed by atoms with Crippen molar-refractivity contribution in [3.05, 3.63) is 0 Å². The van der Waals surface area contributed by atoms with E-state index in [1.54, 1.807) is 0 Å². The van der Waals surface area contributed by atoms with Crippen molar-refractivity contribution < 1.29 is 13.2 Å². The predicted octanol–water partition coefficient (Wildman–Crippen LogP) is 0.210. The van der Waals surface area contributed by atoms with E-state index < -0.39 is 10.0 Å². The van der Waals surface area contributed by atoms with E-state index in [4.69, 9.17) is 0 Å². The number of amides is 1. The van der Waals surface area contributed by atoms with Crippen LogP contribution in [0.4, 0.5) is 0 Å². The molecule has 0 unspecified atom stereocenters. The maximum Gasteiger partial charge on any atom is 0.221 e. The minimum Gasteiger partial charge on any atom is -0.354 e. The predicted molar refractivity (Wildman–Crippen MR) is 79.9 cm³/mol. The summed E-state index contributed by atoms with van der Waals surface area (Å²) in [6, 6.07) is 0.0824. The molecule has 7 heteroatoms. The van der Waals surface area contributed by atoms with Crippen LogP contribution in [-0.4, -0.2) is 45.8 Å². The van der Waals surface area contributed by atoms with E-state index in [0.29, 0.717) is 12.3 Å². The van der Waals surface area contributed by atoms with E-state index in [0.717, 1.165) is 25.9 Å². The maximum atomic E-state index is 11.8. The van der Waals surface area contributed by atoms with E-state index in [2.05, 4.69) is 15.4 Å². The number of nitrogens with one attached hydrogen (secondary N) is 3. The quantitative estimate of drug-likeness (QED) is 0.598. The molecule has 0 aromatic rings. The van der Waals surface area contributed by atoms with E-state index in [9.17, 15) is 13.2 Å². The van der Waals surface area contributed by atoms with Gasteiger partial charge in [0.2, 0.25) is 15.9 Å². The molecule has 20 heavy (non-hydrogen) atoms. The molecule has 1 rings (SSSR count). The highest BCUT2D eigenvalue weighted by atomic mass is 32.2. The van der Waals surface area contributed by atoms with E-state index in [1.165, 1.54) is 0 Å². The molecule has 0 aliphatic carbocycles. The monoisotopic (exact) mass is 305 g/mol. The third-order valence-electron chi connectivity index (χ3n) is 3.38. The lowest BCUT2D eigenvalue weighted by molar-refractivity contribution is -0.121. The summed E-state index contributed by atoms with van der Waals surface area (Å²) in [7, 11) is -3.26. The van der Waals surface area contributed by atoms with Gasteiger partial charge in [-0.2, -0.15) is 0 Å². The third kappa shape index (κ3) is 7.81. The number of rotatable bonds is 8. The Morgan fingerprint density at radius 3 is 2.55 bits per heavy atom. The van der Waals surface area contributed by atoms with Crippen LogP contribution in [0.2, 0.25) is 0 Å². The molecular weight excluding hydrogens is 278 g/mol. The lowest BCUT2D eigenvalue weighted by Gasteiger charge is -2.22. The Morgan fingerprint density at radius 2 is 1.95 bits per heavy atom. The zero-order chi connectivity index (χ0) is 15.0. The summed E-state index contributed by atoms with van der Waals surface area (Å²) in [6.07, 6.45) is 2.98. The minimum atomic E-state index is -3.26. The van der Waals surface area contributed by atoms with Crippen molar-refractivity contribution >= 4 is 15.9 Å². The zero-order valence-electron chi connectivity index (χ0n) is 12.4. The first-order valence-corrected chi connectivity index (χ1v) is 9.01. The van der Waals surface area contributed by atoms with E-state index >= 15 is 0 Å². The topological polar surface area (TPSA) is 87.3 Å². The van der Waals surface area contributed by atoms with Gasteiger partial charge in [0.25, 0.3) is 0 Å². The molecule has 0 aromatic heterocycles. The second kappa shape index (κ2) is 8.59. The third-order valence-corrected chi connectivity index (χ3v) is 4.79. The molecule has 0 radical (unpaired) electrons. The Hall–Kier alpha value is -0.660. The zero-order valence-corrected chi connectivity index (χ0v) is 13.3. The molecule has 0 spiro atoms. The first kappa shape index (κ1) is 17.4. The van der Waals surface area contributed by atoms with Gasteiger partial charge in [0.05, 0.1) is 5.75 Å². The summed E-state index contributed by atoms with van der Waals surface area (Å²) in [4.78, 5) is 11.4. The van der Waals surface area contributed by atoms with E-state index in [1.807, 2.05) is 13.8 Å². The van der Waals surface area contributed by atoms with Gasteiger partial charge in [-0.1, -0.05) is 0 Å². The summed E-state index contributed by atoms with van der Waals surface area (Å²) < 4.78 is 26.1. The van der Waals surface area contributed by atoms with Gasteiger partial charge in [-0.3, -0.25) is 4.79 Å². The average molecular weight is 305 g/mol. The van der Waals surface area contributed by atoms with Crippen LogP contribution in [0.15, 0.2) is 0 Å². The molecule has 1 amide bonds. The van der Waals surface area contributed by atoms with Crippen LogP contribution in [0, 0.1) is 5.92 Å². The molecule has 3 N–H and O–H groups in total. The fourth-order valence-electron chi connectivity index (χ4n) is 2.28. The minimum absolute atomic E-state index is 0.0824. The summed E-state index contributed by atoms with van der Waals surface area (Å²) in [5.74, 6) is 0.529. The Labute approximate surface area is 122 Å². The van der Waals surface area contributed by atoms with Gasteiger partial charge in [-0.15, -0.1) is 0 Å². The van der Waals surface area contributed by atoms with Crippen LogP contribution in [0.25, 0.3) is 0 Å². The van der Waals surface area contributed by atoms with Gasteiger partial charge < -0.3 is 10.6 Å². The molecule has 0 aromatic carbocycles. The largest absolute Gasteiger partial charge is 0.354 e. The standard InChI is InChI=1S/C13H27N3O3S/c1-11(2)16-13(17)5-9-15-20(18,19)10-6-12-3-7-14-8-4-12/h11-12,14-15H,3-10H2,1-2H3,(H,16,17). The number of hydrogen-bond donors (Lipinski definition) is 3. The SMILES string of the molecule is CC(C)NC(=O)CCNS(=O)(=O)CCC1CCNCC1. The first-order valence-electron chi connectivity index (χ1n) is 7.36. The van der Waals surface area contributed by atoms with Gasteiger partial charge in [0.15, 0.2) is 0 Å². The molecule has 1 aliphatic heterocycles. The van der Waals surface area contributed by atoms with E-state index in [-0.39, 0.29) is 30.7 Å². The molecule has 1 saturated heterocycles. The molecule has 1 heterocycles. The van der Waals surface area contributed by atoms with Crippen LogP contribution in [0.3, 0.4) is 0 Å². The van der Waals surface area contributed by atoms with Crippen molar-refractivity contribution in [2.24, 2.45) is 5.92 Å². The average Bonchev–Trinajstić information content (AvgIpc) is 2.36. The van der Waals surface area contributed by atoms with Crippen molar-refractivity contribution in [3.63, 3.8) is 0 Å². The van der Waals surface area contributed by atoms with Crippen molar-refractivity contribution in [3.8, 4) is 0 Å². The fourth-order valence-corrected chi connectivity index (χ4v) is 3.48. The molecule has 0 bridgehead atoms. The maximum absolute atomic E-state index is 11.8. The first-order chi connectivity index (χ1) is 9.39. The van der Waals surface area contributed by atoms with Crippen molar-refractivity contribution in [1.29, 1.82) is 0 Å². The number of piperidine rings is 1. The molecule has 0 saturated carbocycles. The van der Waals surface area contributed by atoms with Crippen molar-refractivity contribution in [1.82, 2.24) is 15.4 Å². The Kier molecular flexibility index (Phi) is 7.47. The van der Waals surface area contributed by atoms with Crippen LogP contribution in [0.5, 0.6) is 0 Å². The Balaban J connectivity index is 2.18. The lowest BCUT2D eigenvalue weighted by Crippen LogP contribution is -2.35. The second-order valence-electron chi connectivity index (χ2n) is 5.67. The smallest absolute Gasteiger partial charge is 0.221 e. The van der Waals surface area contributed by atoms with Gasteiger partial charge in [0, 0.05) is 19.0 Å². The Morgan fingerprint density at radius 1 is 1.30 bits per heavy atom. The fraction of sp³-hybridized carbons (Fsp3) is 0.923. The number of hydrogen-bond acceptors (Lipinski definition) is 4. The summed E-state index contributed by atoms with van der Waals surface area (Å²) in [5.41, 5.74) is 0. The highest BCUT2D eigenvalue weighted by Gasteiger charge is 2.17. The van der Waals surface area contributed by atoms with Crippen molar-refractivity contribution in [2.45, 2.75) is 45.6 Å². The van der Waals surface area contributed by atoms with Crippen LogP contribution in [-0.2, 0) is 14.8 Å². The Bertz CT molecular complexity index is 390. The second-order valence-corrected chi connectivity index (χ2v) is 7.59. The van der Waals surface area contributed by atoms with Gasteiger partial charge in [-0.25, -0.2) is 13.1 Å². The summed E-state index contributed by atoms with van der Waals surface area (Å²) >= 11 is 0. The highest BCUT2D eigenvalue weighted by molar-refractivity contribution is 7.89. The normalized spacial score (nSPS) is 17.4. The van der Waals surface area contributed by atoms with Gasteiger partial charge in [-0.05, 0) is 52.1 Å². The molecular formula is C13H27N3O3S. The highest BCUT2D eigenvalue weighted by Crippen LogP contribution is 2.16. The van der Waals surface area contributed by atoms with Crippen molar-refractivity contribution in [2.75, 3.05) is 25.4 Å². The summed E-state index contributed by atoms with van der Waals surface area (Å²) in [5, 5.41) is 6.00. The molecule has 0 atom stereocenters. The van der Waals surface area contributed by atoms with Crippen LogP contribution >= 0.6 is 0 Å². The van der Waals surface area contributed by atoms with Crippen LogP contribution in [0.1, 0.15) is 39.5 Å². The number of sulfonamides is 1. The van der Waals surface area contributed by atoms with Gasteiger partial charge >= 0.3 is 0 Å². The molecule has 1 aliphatic rings. The lowest BCUT2D eigenvalue weighted by atomic mass is 9.96. The summed E-state index contributed by atoms with van der Waals surface area (Å²) in [6.45, 7) is 5.89. The number of carbonyl (C=O) groups excluding carboxylic acids is 1. The van der Waals surface area contributed by atoms with Gasteiger partial charge in [0.1, 0.15) is 0 Å². The molecule has 118 valence electrons. The number of carbonyl (C=O) groups is 1. The van der Waals surface area contributed by atoms with Crippen LogP contribution < -0.4 is 15.4 Å².